The highest BCUT2D eigenvalue weighted by molar-refractivity contribution is 9.10. The molecule has 0 saturated carbocycles. The van der Waals surface area contributed by atoms with E-state index in [0.29, 0.717) is 15.1 Å². The summed E-state index contributed by atoms with van der Waals surface area (Å²) in [5.74, 6) is -0.537. The first-order valence-corrected chi connectivity index (χ1v) is 6.99. The highest BCUT2D eigenvalue weighted by Crippen LogP contribution is 2.23. The lowest BCUT2D eigenvalue weighted by molar-refractivity contribution is 0.0468. The largest absolute Gasteiger partial charge is 0.455 e. The number of esters is 1. The lowest BCUT2D eigenvalue weighted by Crippen LogP contribution is -2.06. The Morgan fingerprint density at radius 3 is 2.89 bits per heavy atom. The molecule has 0 spiro atoms. The summed E-state index contributed by atoms with van der Waals surface area (Å²) < 4.78 is 9.85. The van der Waals surface area contributed by atoms with Crippen molar-refractivity contribution in [1.29, 1.82) is 0 Å². The maximum absolute atomic E-state index is 11.8. The molecule has 0 radical (unpaired) electrons. The minimum atomic E-state index is -0.537. The lowest BCUT2D eigenvalue weighted by Gasteiger charge is -2.05. The van der Waals surface area contributed by atoms with E-state index in [1.807, 2.05) is 0 Å². The van der Waals surface area contributed by atoms with E-state index in [1.165, 1.54) is 0 Å². The van der Waals surface area contributed by atoms with Gasteiger partial charge in [0.05, 0.1) is 10.6 Å². The molecule has 0 aliphatic rings. The number of hydrogen-bond donors (Lipinski definition) is 0. The number of aromatic nitrogens is 2. The number of benzene rings is 1. The molecule has 0 N–H and O–H groups in total. The van der Waals surface area contributed by atoms with Crippen LogP contribution in [0.1, 0.15) is 16.1 Å². The Balaban J connectivity index is 2.08. The average molecular weight is 368 g/mol. The van der Waals surface area contributed by atoms with E-state index in [4.69, 9.17) is 27.9 Å². The standard InChI is InChI=1S/C10H5BrCl2N2O2S/c11-5-1-2-7(12)6(3-5)10(16)17-4-8-9(13)18-15-14-8/h1-3H,4H2. The van der Waals surface area contributed by atoms with Gasteiger partial charge in [0.2, 0.25) is 0 Å². The van der Waals surface area contributed by atoms with Crippen LogP contribution in [0.4, 0.5) is 0 Å². The van der Waals surface area contributed by atoms with Crippen LogP contribution in [-0.4, -0.2) is 15.6 Å². The van der Waals surface area contributed by atoms with Crippen LogP contribution in [-0.2, 0) is 11.3 Å². The van der Waals surface area contributed by atoms with Gasteiger partial charge in [-0.3, -0.25) is 0 Å². The Morgan fingerprint density at radius 1 is 1.44 bits per heavy atom. The van der Waals surface area contributed by atoms with Crippen LogP contribution in [0.15, 0.2) is 22.7 Å². The van der Waals surface area contributed by atoms with Crippen LogP contribution in [0.2, 0.25) is 9.36 Å². The first-order chi connectivity index (χ1) is 8.58. The summed E-state index contributed by atoms with van der Waals surface area (Å²) in [5, 5.41) is 4.06. The van der Waals surface area contributed by atoms with Crippen LogP contribution in [0.5, 0.6) is 0 Å². The van der Waals surface area contributed by atoms with Gasteiger partial charge in [0.15, 0.2) is 0 Å². The molecule has 0 aliphatic carbocycles. The monoisotopic (exact) mass is 366 g/mol. The molecule has 0 unspecified atom stereocenters. The first kappa shape index (κ1) is 13.7. The van der Waals surface area contributed by atoms with Crippen molar-refractivity contribution in [3.63, 3.8) is 0 Å². The second-order valence-corrected chi connectivity index (χ2v) is 5.87. The zero-order chi connectivity index (χ0) is 13.1. The predicted octanol–water partition coefficient (Wildman–Crippen LogP) is 3.96. The van der Waals surface area contributed by atoms with Crippen molar-refractivity contribution < 1.29 is 9.53 Å². The van der Waals surface area contributed by atoms with Gasteiger partial charge in [0, 0.05) is 16.0 Å². The van der Waals surface area contributed by atoms with Crippen LogP contribution in [0, 0.1) is 0 Å². The molecular weight excluding hydrogens is 363 g/mol. The summed E-state index contributed by atoms with van der Waals surface area (Å²) in [6.45, 7) is -0.0307. The van der Waals surface area contributed by atoms with Gasteiger partial charge in [-0.1, -0.05) is 43.6 Å². The maximum atomic E-state index is 11.8. The lowest BCUT2D eigenvalue weighted by atomic mass is 10.2. The summed E-state index contributed by atoms with van der Waals surface area (Å²) >= 11 is 16.0. The number of ether oxygens (including phenoxy) is 1. The first-order valence-electron chi connectivity index (χ1n) is 4.67. The summed E-state index contributed by atoms with van der Waals surface area (Å²) in [7, 11) is 0. The number of carbonyl (C=O) groups excluding carboxylic acids is 1. The van der Waals surface area contributed by atoms with Crippen LogP contribution in [0.3, 0.4) is 0 Å². The molecule has 0 amide bonds. The fourth-order valence-corrected chi connectivity index (χ4v) is 2.31. The second kappa shape index (κ2) is 5.97. The quantitative estimate of drug-likeness (QED) is 0.770. The molecule has 4 nitrogen and oxygen atoms in total. The van der Waals surface area contributed by atoms with Crippen molar-refractivity contribution >= 4 is 56.6 Å². The molecule has 2 rings (SSSR count). The van der Waals surface area contributed by atoms with E-state index in [2.05, 4.69) is 25.5 Å². The third-order valence-electron chi connectivity index (χ3n) is 2.00. The minimum absolute atomic E-state index is 0.0307. The molecule has 0 saturated heterocycles. The molecule has 2 aromatic rings. The van der Waals surface area contributed by atoms with Gasteiger partial charge in [-0.05, 0) is 18.2 Å². The zero-order valence-electron chi connectivity index (χ0n) is 8.69. The highest BCUT2D eigenvalue weighted by atomic mass is 79.9. The van der Waals surface area contributed by atoms with Gasteiger partial charge in [0.1, 0.15) is 16.6 Å². The van der Waals surface area contributed by atoms with Gasteiger partial charge in [-0.25, -0.2) is 4.79 Å². The molecule has 8 heteroatoms. The van der Waals surface area contributed by atoms with E-state index in [0.717, 1.165) is 16.0 Å². The van der Waals surface area contributed by atoms with Crippen molar-refractivity contribution in [3.8, 4) is 0 Å². The summed E-state index contributed by atoms with van der Waals surface area (Å²) in [5.41, 5.74) is 0.714. The zero-order valence-corrected chi connectivity index (χ0v) is 12.6. The van der Waals surface area contributed by atoms with Crippen molar-refractivity contribution in [3.05, 3.63) is 43.3 Å². The van der Waals surface area contributed by atoms with Crippen LogP contribution in [0.25, 0.3) is 0 Å². The van der Waals surface area contributed by atoms with Crippen molar-refractivity contribution in [2.45, 2.75) is 6.61 Å². The SMILES string of the molecule is O=C(OCc1nnsc1Cl)c1cc(Br)ccc1Cl. The van der Waals surface area contributed by atoms with Crippen LogP contribution >= 0.6 is 50.7 Å². The Hall–Kier alpha value is -0.690. The molecule has 0 aliphatic heterocycles. The molecule has 94 valence electrons. The van der Waals surface area contributed by atoms with Gasteiger partial charge < -0.3 is 4.74 Å². The van der Waals surface area contributed by atoms with Gasteiger partial charge in [-0.15, -0.1) is 5.10 Å². The Kier molecular flexibility index (Phi) is 4.55. The van der Waals surface area contributed by atoms with Crippen molar-refractivity contribution in [2.75, 3.05) is 0 Å². The minimum Gasteiger partial charge on any atom is -0.455 e. The summed E-state index contributed by atoms with van der Waals surface area (Å²) in [6, 6.07) is 4.94. The van der Waals surface area contributed by atoms with E-state index in [-0.39, 0.29) is 12.2 Å². The Morgan fingerprint density at radius 2 is 2.22 bits per heavy atom. The molecule has 0 fully saturated rings. The molecule has 0 atom stereocenters. The Labute approximate surface area is 125 Å². The number of nitrogens with zero attached hydrogens (tertiary/aromatic N) is 2. The second-order valence-electron chi connectivity index (χ2n) is 3.19. The number of carbonyl (C=O) groups is 1. The van der Waals surface area contributed by atoms with Gasteiger partial charge in [0.25, 0.3) is 0 Å². The normalized spacial score (nSPS) is 10.4. The number of rotatable bonds is 3. The fraction of sp³-hybridized carbons (Fsp3) is 0.100. The molecule has 18 heavy (non-hydrogen) atoms. The number of hydrogen-bond acceptors (Lipinski definition) is 5. The topological polar surface area (TPSA) is 52.1 Å². The van der Waals surface area contributed by atoms with Crippen molar-refractivity contribution in [2.24, 2.45) is 0 Å². The predicted molar refractivity (Wildman–Crippen MR) is 73.2 cm³/mol. The smallest absolute Gasteiger partial charge is 0.340 e. The molecular formula is C10H5BrCl2N2O2S. The highest BCUT2D eigenvalue weighted by Gasteiger charge is 2.14. The van der Waals surface area contributed by atoms with E-state index in [1.54, 1.807) is 18.2 Å². The third-order valence-corrected chi connectivity index (χ3v) is 3.80. The summed E-state index contributed by atoms with van der Waals surface area (Å²) in [4.78, 5) is 11.8. The van der Waals surface area contributed by atoms with E-state index >= 15 is 0 Å². The molecule has 1 aromatic carbocycles. The Bertz CT molecular complexity index is 591. The fourth-order valence-electron chi connectivity index (χ4n) is 1.15. The molecule has 1 heterocycles. The third kappa shape index (κ3) is 3.20. The maximum Gasteiger partial charge on any atom is 0.340 e. The van der Waals surface area contributed by atoms with E-state index < -0.39 is 5.97 Å². The molecule has 0 bridgehead atoms. The molecule has 1 aromatic heterocycles. The summed E-state index contributed by atoms with van der Waals surface area (Å²) in [6.07, 6.45) is 0. The van der Waals surface area contributed by atoms with Gasteiger partial charge in [-0.2, -0.15) is 0 Å². The van der Waals surface area contributed by atoms with Gasteiger partial charge >= 0.3 is 5.97 Å². The van der Waals surface area contributed by atoms with E-state index in [9.17, 15) is 4.79 Å². The number of halogens is 3. The average Bonchev–Trinajstić information content (AvgIpc) is 2.75. The van der Waals surface area contributed by atoms with Crippen molar-refractivity contribution in [1.82, 2.24) is 9.59 Å². The van der Waals surface area contributed by atoms with Crippen LogP contribution < -0.4 is 0 Å².